The summed E-state index contributed by atoms with van der Waals surface area (Å²) in [5.41, 5.74) is 0.970. The van der Waals surface area contributed by atoms with Gasteiger partial charge in [0.25, 0.3) is 5.56 Å². The van der Waals surface area contributed by atoms with Crippen molar-refractivity contribution in [1.29, 1.82) is 0 Å². The van der Waals surface area contributed by atoms with E-state index < -0.39 is 0 Å². The van der Waals surface area contributed by atoms with E-state index in [-0.39, 0.29) is 23.9 Å². The summed E-state index contributed by atoms with van der Waals surface area (Å²) < 4.78 is 11.6. The zero-order valence-electron chi connectivity index (χ0n) is 14.2. The molecule has 2 rings (SSSR count). The number of hydrogen-bond donors (Lipinski definition) is 1. The third-order valence-corrected chi connectivity index (χ3v) is 3.44. The van der Waals surface area contributed by atoms with E-state index in [1.165, 1.54) is 31.2 Å². The molecule has 0 bridgehead atoms. The Hall–Kier alpha value is -2.83. The maximum Gasteiger partial charge on any atom is 0.254 e. The van der Waals surface area contributed by atoms with Crippen molar-refractivity contribution in [2.24, 2.45) is 0 Å². The molecule has 0 aliphatic carbocycles. The first-order chi connectivity index (χ1) is 11.4. The molecule has 0 spiro atoms. The van der Waals surface area contributed by atoms with Gasteiger partial charge in [0.05, 0.1) is 26.2 Å². The SMILES string of the molecule is COc1cc(NC(=O)Cn2cnc(C(C)C)cc2=O)cc(OC)c1. The van der Waals surface area contributed by atoms with E-state index in [4.69, 9.17) is 9.47 Å². The zero-order chi connectivity index (χ0) is 17.7. The number of rotatable bonds is 6. The number of nitrogens with zero attached hydrogens (tertiary/aromatic N) is 2. The molecule has 1 N–H and O–H groups in total. The summed E-state index contributed by atoms with van der Waals surface area (Å²) in [6.07, 6.45) is 1.39. The second-order valence-corrected chi connectivity index (χ2v) is 5.58. The van der Waals surface area contributed by atoms with E-state index in [0.717, 1.165) is 0 Å². The Bertz CT molecular complexity index is 761. The second-order valence-electron chi connectivity index (χ2n) is 5.58. The predicted molar refractivity (Wildman–Crippen MR) is 90.8 cm³/mol. The summed E-state index contributed by atoms with van der Waals surface area (Å²) in [6.45, 7) is 3.79. The highest BCUT2D eigenvalue weighted by Gasteiger charge is 2.09. The molecule has 0 aliphatic heterocycles. The quantitative estimate of drug-likeness (QED) is 0.876. The van der Waals surface area contributed by atoms with Gasteiger partial charge in [0.1, 0.15) is 18.0 Å². The van der Waals surface area contributed by atoms with E-state index in [2.05, 4.69) is 10.3 Å². The van der Waals surface area contributed by atoms with Crippen LogP contribution in [0, 0.1) is 0 Å². The lowest BCUT2D eigenvalue weighted by Gasteiger charge is -2.11. The van der Waals surface area contributed by atoms with Gasteiger partial charge in [-0.05, 0) is 5.92 Å². The maximum atomic E-state index is 12.2. The van der Waals surface area contributed by atoms with Crippen LogP contribution in [0.15, 0.2) is 35.4 Å². The highest BCUT2D eigenvalue weighted by atomic mass is 16.5. The molecule has 1 amide bonds. The number of nitrogens with one attached hydrogen (secondary N) is 1. The van der Waals surface area contributed by atoms with E-state index in [9.17, 15) is 9.59 Å². The average Bonchev–Trinajstić information content (AvgIpc) is 2.55. The molecule has 7 heteroatoms. The number of methoxy groups -OCH3 is 2. The number of benzene rings is 1. The molecule has 1 heterocycles. The molecule has 1 aromatic heterocycles. The molecular formula is C17H21N3O4. The number of anilines is 1. The van der Waals surface area contributed by atoms with Gasteiger partial charge >= 0.3 is 0 Å². The summed E-state index contributed by atoms with van der Waals surface area (Å²) in [4.78, 5) is 28.4. The highest BCUT2D eigenvalue weighted by molar-refractivity contribution is 5.91. The largest absolute Gasteiger partial charge is 0.497 e. The van der Waals surface area contributed by atoms with Crippen LogP contribution in [0.2, 0.25) is 0 Å². The van der Waals surface area contributed by atoms with Gasteiger partial charge in [-0.2, -0.15) is 0 Å². The monoisotopic (exact) mass is 331 g/mol. The highest BCUT2D eigenvalue weighted by Crippen LogP contribution is 2.25. The first-order valence-electron chi connectivity index (χ1n) is 7.52. The van der Waals surface area contributed by atoms with E-state index in [0.29, 0.717) is 22.9 Å². The fourth-order valence-electron chi connectivity index (χ4n) is 2.11. The van der Waals surface area contributed by atoms with Gasteiger partial charge in [-0.25, -0.2) is 4.98 Å². The van der Waals surface area contributed by atoms with Crippen molar-refractivity contribution in [3.63, 3.8) is 0 Å². The van der Waals surface area contributed by atoms with Crippen molar-refractivity contribution in [3.8, 4) is 11.5 Å². The third kappa shape index (κ3) is 4.34. The van der Waals surface area contributed by atoms with Crippen molar-refractivity contribution >= 4 is 11.6 Å². The van der Waals surface area contributed by atoms with Crippen LogP contribution in [-0.4, -0.2) is 29.7 Å². The fraction of sp³-hybridized carbons (Fsp3) is 0.353. The summed E-state index contributed by atoms with van der Waals surface area (Å²) in [7, 11) is 3.06. The van der Waals surface area contributed by atoms with Crippen LogP contribution in [-0.2, 0) is 11.3 Å². The topological polar surface area (TPSA) is 82.5 Å². The number of carbonyl (C=O) groups is 1. The standard InChI is InChI=1S/C17H21N3O4/c1-11(2)15-8-17(22)20(10-18-15)9-16(21)19-12-5-13(23-3)7-14(6-12)24-4/h5-8,10-11H,9H2,1-4H3,(H,19,21). The van der Waals surface area contributed by atoms with Crippen molar-refractivity contribution in [3.05, 3.63) is 46.6 Å². The van der Waals surface area contributed by atoms with Crippen LogP contribution in [0.3, 0.4) is 0 Å². The van der Waals surface area contributed by atoms with Crippen molar-refractivity contribution in [2.75, 3.05) is 19.5 Å². The smallest absolute Gasteiger partial charge is 0.254 e. The lowest BCUT2D eigenvalue weighted by atomic mass is 10.1. The third-order valence-electron chi connectivity index (χ3n) is 3.44. The van der Waals surface area contributed by atoms with Crippen molar-refractivity contribution < 1.29 is 14.3 Å². The van der Waals surface area contributed by atoms with Gasteiger partial charge in [0.2, 0.25) is 5.91 Å². The number of aromatic nitrogens is 2. The van der Waals surface area contributed by atoms with Gasteiger partial charge in [-0.3, -0.25) is 14.2 Å². The van der Waals surface area contributed by atoms with Crippen LogP contribution < -0.4 is 20.3 Å². The molecule has 0 saturated carbocycles. The minimum atomic E-state index is -0.341. The fourth-order valence-corrected chi connectivity index (χ4v) is 2.11. The van der Waals surface area contributed by atoms with Crippen LogP contribution in [0.25, 0.3) is 0 Å². The van der Waals surface area contributed by atoms with Crippen LogP contribution in [0.1, 0.15) is 25.5 Å². The zero-order valence-corrected chi connectivity index (χ0v) is 14.2. The Balaban J connectivity index is 2.12. The van der Waals surface area contributed by atoms with Crippen molar-refractivity contribution in [2.45, 2.75) is 26.3 Å². The normalized spacial score (nSPS) is 10.5. The second kappa shape index (κ2) is 7.63. The van der Waals surface area contributed by atoms with E-state index in [1.807, 2.05) is 13.8 Å². The number of carbonyl (C=O) groups excluding carboxylic acids is 1. The molecule has 128 valence electrons. The summed E-state index contributed by atoms with van der Waals surface area (Å²) >= 11 is 0. The van der Waals surface area contributed by atoms with Gasteiger partial charge in [-0.1, -0.05) is 13.8 Å². The van der Waals surface area contributed by atoms with Crippen LogP contribution >= 0.6 is 0 Å². The summed E-state index contributed by atoms with van der Waals surface area (Å²) in [6, 6.07) is 6.49. The summed E-state index contributed by atoms with van der Waals surface area (Å²) in [5, 5.41) is 2.72. The Morgan fingerprint density at radius 2 is 1.79 bits per heavy atom. The van der Waals surface area contributed by atoms with Crippen LogP contribution in [0.4, 0.5) is 5.69 Å². The lowest BCUT2D eigenvalue weighted by Crippen LogP contribution is -2.28. The molecule has 1 aromatic carbocycles. The van der Waals surface area contributed by atoms with Gasteiger partial charge < -0.3 is 14.8 Å². The Labute approximate surface area is 140 Å². The number of ether oxygens (including phenoxy) is 2. The minimum Gasteiger partial charge on any atom is -0.497 e. The van der Waals surface area contributed by atoms with Gasteiger partial charge in [0.15, 0.2) is 0 Å². The first-order valence-corrected chi connectivity index (χ1v) is 7.52. The van der Waals surface area contributed by atoms with E-state index >= 15 is 0 Å². The van der Waals surface area contributed by atoms with Gasteiger partial charge in [-0.15, -0.1) is 0 Å². The average molecular weight is 331 g/mol. The number of hydrogen-bond acceptors (Lipinski definition) is 5. The minimum absolute atomic E-state index is 0.121. The molecule has 2 aromatic rings. The lowest BCUT2D eigenvalue weighted by molar-refractivity contribution is -0.116. The van der Waals surface area contributed by atoms with Crippen LogP contribution in [0.5, 0.6) is 11.5 Å². The number of amides is 1. The molecule has 0 aliphatic rings. The van der Waals surface area contributed by atoms with Crippen molar-refractivity contribution in [1.82, 2.24) is 9.55 Å². The summed E-state index contributed by atoms with van der Waals surface area (Å²) in [5.74, 6) is 0.937. The molecule has 24 heavy (non-hydrogen) atoms. The molecule has 0 saturated heterocycles. The molecular weight excluding hydrogens is 310 g/mol. The maximum absolute atomic E-state index is 12.2. The van der Waals surface area contributed by atoms with Gasteiger partial charge in [0, 0.05) is 30.0 Å². The molecule has 0 radical (unpaired) electrons. The van der Waals surface area contributed by atoms with E-state index in [1.54, 1.807) is 18.2 Å². The first kappa shape index (κ1) is 17.5. The Morgan fingerprint density at radius 1 is 1.17 bits per heavy atom. The predicted octanol–water partition coefficient (Wildman–Crippen LogP) is 2.02. The molecule has 0 unspecified atom stereocenters. The molecule has 7 nitrogen and oxygen atoms in total. The molecule has 0 fully saturated rings. The Kier molecular flexibility index (Phi) is 5.57. The molecule has 0 atom stereocenters. The Morgan fingerprint density at radius 3 is 2.29 bits per heavy atom.